The zero-order valence-corrected chi connectivity index (χ0v) is 26.1. The Labute approximate surface area is 265 Å². The average molecular weight is 644 g/mol. The first-order valence-electron chi connectivity index (χ1n) is 14.4. The molecule has 12 heteroatoms. The van der Waals surface area contributed by atoms with Crippen LogP contribution in [-0.4, -0.2) is 44.3 Å². The van der Waals surface area contributed by atoms with Gasteiger partial charge in [-0.3, -0.25) is 14.6 Å². The van der Waals surface area contributed by atoms with E-state index in [4.69, 9.17) is 14.7 Å². The van der Waals surface area contributed by atoms with E-state index in [1.165, 1.54) is 34.8 Å². The van der Waals surface area contributed by atoms with Gasteiger partial charge in [-0.1, -0.05) is 6.58 Å². The van der Waals surface area contributed by atoms with Crippen LogP contribution in [0.25, 0.3) is 43.2 Å². The number of pyridine rings is 2. The van der Waals surface area contributed by atoms with E-state index in [1.807, 2.05) is 17.5 Å². The van der Waals surface area contributed by atoms with E-state index in [1.54, 1.807) is 24.9 Å². The molecule has 0 aliphatic carbocycles. The molecule has 0 bridgehead atoms. The number of halogens is 2. The highest BCUT2D eigenvalue weighted by molar-refractivity contribution is 7.18. The monoisotopic (exact) mass is 643 g/mol. The first-order chi connectivity index (χ1) is 21.7. The standard InChI is InChI=1S/C33H27F2N5O3S2/c1-4-27(42)40-7-5-22-25(15-40)45-33(38-22)31-29(28-21(35)10-19(34)11-24(28)43-16(2)3)32-20(6-8-44-32)30(39-31)18-9-17-13-37-26(41)12-23(17)36-14-18/h4,6,8-11,14,16H,1,5,7,12-13,15H2,2-3H3,(H,37,41). The smallest absolute Gasteiger partial charge is 0.246 e. The molecular formula is C33H27F2N5O3S2. The fourth-order valence-corrected chi connectivity index (χ4v) is 7.84. The lowest BCUT2D eigenvalue weighted by atomic mass is 9.97. The van der Waals surface area contributed by atoms with Crippen LogP contribution in [0.3, 0.4) is 0 Å². The molecule has 228 valence electrons. The maximum absolute atomic E-state index is 16.0. The van der Waals surface area contributed by atoms with Gasteiger partial charge in [-0.25, -0.2) is 18.7 Å². The van der Waals surface area contributed by atoms with Gasteiger partial charge < -0.3 is 15.0 Å². The van der Waals surface area contributed by atoms with Crippen molar-refractivity contribution in [3.8, 4) is 38.8 Å². The van der Waals surface area contributed by atoms with Gasteiger partial charge >= 0.3 is 0 Å². The molecule has 0 atom stereocenters. The summed E-state index contributed by atoms with van der Waals surface area (Å²) < 4.78 is 37.3. The number of rotatable bonds is 6. The number of ether oxygens (including phenoxy) is 1. The highest BCUT2D eigenvalue weighted by Gasteiger charge is 2.30. The molecular weight excluding hydrogens is 617 g/mol. The van der Waals surface area contributed by atoms with Crippen LogP contribution in [0.2, 0.25) is 0 Å². The van der Waals surface area contributed by atoms with Gasteiger partial charge in [-0.15, -0.1) is 22.7 Å². The van der Waals surface area contributed by atoms with Crippen LogP contribution >= 0.6 is 22.7 Å². The third kappa shape index (κ3) is 5.27. The summed E-state index contributed by atoms with van der Waals surface area (Å²) in [4.78, 5) is 41.7. The summed E-state index contributed by atoms with van der Waals surface area (Å²) in [7, 11) is 0. The first kappa shape index (κ1) is 29.2. The Hall–Kier alpha value is -4.55. The summed E-state index contributed by atoms with van der Waals surface area (Å²) in [6.07, 6.45) is 3.43. The minimum atomic E-state index is -0.772. The Kier molecular flexibility index (Phi) is 7.41. The molecule has 7 rings (SSSR count). The van der Waals surface area contributed by atoms with Crippen molar-refractivity contribution < 1.29 is 23.1 Å². The maximum atomic E-state index is 16.0. The highest BCUT2D eigenvalue weighted by Crippen LogP contribution is 2.48. The molecule has 0 spiro atoms. The number of thiazole rings is 1. The summed E-state index contributed by atoms with van der Waals surface area (Å²) in [6, 6.07) is 5.95. The van der Waals surface area contributed by atoms with Gasteiger partial charge in [0.25, 0.3) is 0 Å². The fraction of sp³-hybridized carbons (Fsp3) is 0.242. The fourth-order valence-electron chi connectivity index (χ4n) is 5.77. The number of carbonyl (C=O) groups excluding carboxylic acids is 2. The van der Waals surface area contributed by atoms with Crippen LogP contribution in [0, 0.1) is 11.6 Å². The highest BCUT2D eigenvalue weighted by atomic mass is 32.1. The number of carbonyl (C=O) groups is 2. The van der Waals surface area contributed by atoms with Crippen LogP contribution in [0.4, 0.5) is 8.78 Å². The van der Waals surface area contributed by atoms with Crippen molar-refractivity contribution in [1.82, 2.24) is 25.2 Å². The summed E-state index contributed by atoms with van der Waals surface area (Å²) in [5, 5.41) is 6.09. The molecule has 0 fully saturated rings. The van der Waals surface area contributed by atoms with Gasteiger partial charge in [0.2, 0.25) is 11.8 Å². The number of thiophene rings is 1. The third-order valence-electron chi connectivity index (χ3n) is 7.80. The second kappa shape index (κ2) is 11.4. The van der Waals surface area contributed by atoms with E-state index in [0.717, 1.165) is 43.5 Å². The number of benzene rings is 1. The van der Waals surface area contributed by atoms with Crippen molar-refractivity contribution >= 4 is 44.6 Å². The van der Waals surface area contributed by atoms with Crippen molar-refractivity contribution in [1.29, 1.82) is 0 Å². The zero-order chi connectivity index (χ0) is 31.4. The second-order valence-corrected chi connectivity index (χ2v) is 13.2. The molecule has 0 saturated heterocycles. The van der Waals surface area contributed by atoms with Crippen molar-refractivity contribution in [3.63, 3.8) is 0 Å². The number of hydrogen-bond acceptors (Lipinski definition) is 8. The molecule has 2 amide bonds. The van der Waals surface area contributed by atoms with Gasteiger partial charge in [0, 0.05) is 63.9 Å². The lowest BCUT2D eigenvalue weighted by Gasteiger charge is -2.24. The maximum Gasteiger partial charge on any atom is 0.246 e. The molecule has 6 heterocycles. The van der Waals surface area contributed by atoms with Gasteiger partial charge in [-0.2, -0.15) is 0 Å². The Morgan fingerprint density at radius 3 is 2.80 bits per heavy atom. The number of amides is 2. The number of hydrogen-bond donors (Lipinski definition) is 1. The van der Waals surface area contributed by atoms with Gasteiger partial charge in [-0.05, 0) is 43.0 Å². The lowest BCUT2D eigenvalue weighted by Crippen LogP contribution is -2.34. The van der Waals surface area contributed by atoms with Crippen LogP contribution in [0.5, 0.6) is 5.75 Å². The number of nitrogens with one attached hydrogen (secondary N) is 1. The van der Waals surface area contributed by atoms with Gasteiger partial charge in [0.15, 0.2) is 0 Å². The number of nitrogens with zero attached hydrogens (tertiary/aromatic N) is 4. The van der Waals surface area contributed by atoms with Crippen LogP contribution in [0.15, 0.2) is 48.5 Å². The Morgan fingerprint density at radius 2 is 2.00 bits per heavy atom. The second-order valence-electron chi connectivity index (χ2n) is 11.2. The number of fused-ring (bicyclic) bond motifs is 3. The van der Waals surface area contributed by atoms with Crippen LogP contribution < -0.4 is 10.1 Å². The SMILES string of the molecule is C=CC(=O)N1CCc2nc(-c3nc(-c4cnc5c(c4)CNC(=O)C5)c4ccsc4c3-c3c(F)cc(F)cc3OC(C)C)sc2C1. The van der Waals surface area contributed by atoms with E-state index in [9.17, 15) is 14.0 Å². The summed E-state index contributed by atoms with van der Waals surface area (Å²) in [5.41, 5.74) is 4.83. The Bertz CT molecular complexity index is 2040. The largest absolute Gasteiger partial charge is 0.490 e. The average Bonchev–Trinajstić information content (AvgIpc) is 3.67. The lowest BCUT2D eigenvalue weighted by molar-refractivity contribution is -0.126. The normalized spacial score (nSPS) is 14.3. The quantitative estimate of drug-likeness (QED) is 0.214. The number of aromatic nitrogens is 3. The molecule has 0 saturated carbocycles. The van der Waals surface area contributed by atoms with Crippen LogP contribution in [-0.2, 0) is 35.5 Å². The van der Waals surface area contributed by atoms with Gasteiger partial charge in [0.05, 0.1) is 41.7 Å². The predicted molar refractivity (Wildman–Crippen MR) is 170 cm³/mol. The summed E-state index contributed by atoms with van der Waals surface area (Å²) >= 11 is 2.82. The topological polar surface area (TPSA) is 97.3 Å². The van der Waals surface area contributed by atoms with Crippen LogP contribution in [0.1, 0.15) is 35.7 Å². The molecule has 0 unspecified atom stereocenters. The molecule has 2 aliphatic heterocycles. The van der Waals surface area contributed by atoms with Gasteiger partial charge in [0.1, 0.15) is 28.1 Å². The molecule has 1 N–H and O–H groups in total. The van der Waals surface area contributed by atoms with E-state index < -0.39 is 11.6 Å². The summed E-state index contributed by atoms with van der Waals surface area (Å²) in [5.74, 6) is -1.68. The van der Waals surface area contributed by atoms with E-state index in [-0.39, 0.29) is 35.7 Å². The molecule has 5 aromatic rings. The third-order valence-corrected chi connectivity index (χ3v) is 9.82. The van der Waals surface area contributed by atoms with E-state index in [2.05, 4.69) is 16.9 Å². The van der Waals surface area contributed by atoms with Crippen molar-refractivity contribution in [2.45, 2.75) is 45.9 Å². The van der Waals surface area contributed by atoms with Crippen molar-refractivity contribution in [2.24, 2.45) is 0 Å². The van der Waals surface area contributed by atoms with Crippen molar-refractivity contribution in [2.75, 3.05) is 6.54 Å². The zero-order valence-electron chi connectivity index (χ0n) is 24.4. The molecule has 8 nitrogen and oxygen atoms in total. The minimum absolute atomic E-state index is 0.0725. The molecule has 0 radical (unpaired) electrons. The van der Waals surface area contributed by atoms with Crippen molar-refractivity contribution in [3.05, 3.63) is 82.0 Å². The predicted octanol–water partition coefficient (Wildman–Crippen LogP) is 6.46. The van der Waals surface area contributed by atoms with E-state index >= 15 is 4.39 Å². The Morgan fingerprint density at radius 1 is 1.16 bits per heavy atom. The first-order valence-corrected chi connectivity index (χ1v) is 16.1. The molecule has 4 aromatic heterocycles. The molecule has 2 aliphatic rings. The van der Waals surface area contributed by atoms with E-state index in [0.29, 0.717) is 48.0 Å². The summed E-state index contributed by atoms with van der Waals surface area (Å²) in [6.45, 7) is 8.46. The minimum Gasteiger partial charge on any atom is -0.490 e. The Balaban J connectivity index is 1.49. The molecule has 45 heavy (non-hydrogen) atoms. The molecule has 1 aromatic carbocycles.